The number of anilines is 1. The van der Waals surface area contributed by atoms with Crippen molar-refractivity contribution in [2.24, 2.45) is 0 Å². The molecule has 5 heteroatoms. The van der Waals surface area contributed by atoms with Crippen molar-refractivity contribution in [2.45, 2.75) is 26.4 Å². The molecule has 5 nitrogen and oxygen atoms in total. The van der Waals surface area contributed by atoms with E-state index in [0.29, 0.717) is 17.8 Å². The summed E-state index contributed by atoms with van der Waals surface area (Å²) in [5.41, 5.74) is 2.01. The van der Waals surface area contributed by atoms with Crippen molar-refractivity contribution in [3.05, 3.63) is 65.7 Å². The third-order valence-corrected chi connectivity index (χ3v) is 3.61. The molecular formula is C19H22N2O3. The molecule has 2 amide bonds. The molecule has 1 N–H and O–H groups in total. The van der Waals surface area contributed by atoms with E-state index in [9.17, 15) is 9.59 Å². The summed E-state index contributed by atoms with van der Waals surface area (Å²) >= 11 is 0. The van der Waals surface area contributed by atoms with Gasteiger partial charge < -0.3 is 15.0 Å². The molecule has 0 spiro atoms. The van der Waals surface area contributed by atoms with Crippen molar-refractivity contribution in [2.75, 3.05) is 12.4 Å². The fourth-order valence-corrected chi connectivity index (χ4v) is 2.31. The largest absolute Gasteiger partial charge is 0.465 e. The molecule has 126 valence electrons. The van der Waals surface area contributed by atoms with Crippen LogP contribution < -0.4 is 5.32 Å². The number of benzene rings is 2. The number of ether oxygens (including phenoxy) is 1. The van der Waals surface area contributed by atoms with Gasteiger partial charge in [0.2, 0.25) is 0 Å². The van der Waals surface area contributed by atoms with Crippen LogP contribution in [0.1, 0.15) is 29.8 Å². The van der Waals surface area contributed by atoms with Crippen molar-refractivity contribution in [1.29, 1.82) is 0 Å². The van der Waals surface area contributed by atoms with E-state index in [2.05, 4.69) is 5.32 Å². The van der Waals surface area contributed by atoms with Crippen molar-refractivity contribution in [3.8, 4) is 0 Å². The number of nitrogens with one attached hydrogen (secondary N) is 1. The van der Waals surface area contributed by atoms with Crippen molar-refractivity contribution < 1.29 is 14.3 Å². The number of nitrogens with zero attached hydrogens (tertiary/aromatic N) is 1. The minimum atomic E-state index is -0.434. The number of rotatable bonds is 5. The van der Waals surface area contributed by atoms with E-state index >= 15 is 0 Å². The molecule has 0 aromatic heterocycles. The number of carbonyl (C=O) groups is 2. The monoisotopic (exact) mass is 326 g/mol. The maximum Gasteiger partial charge on any atom is 0.337 e. The van der Waals surface area contributed by atoms with Gasteiger partial charge in [-0.05, 0) is 37.6 Å². The number of urea groups is 1. The van der Waals surface area contributed by atoms with E-state index in [4.69, 9.17) is 4.74 Å². The third kappa shape index (κ3) is 4.59. The van der Waals surface area contributed by atoms with Crippen LogP contribution in [0.3, 0.4) is 0 Å². The van der Waals surface area contributed by atoms with Gasteiger partial charge in [0.1, 0.15) is 0 Å². The number of hydrogen-bond acceptors (Lipinski definition) is 3. The fraction of sp³-hybridized carbons (Fsp3) is 0.263. The molecule has 0 radical (unpaired) electrons. The molecule has 0 aliphatic carbocycles. The zero-order chi connectivity index (χ0) is 17.5. The molecular weight excluding hydrogens is 304 g/mol. The molecule has 2 aromatic rings. The SMILES string of the molecule is COC(=O)c1cccc(NC(=O)N(Cc2ccccc2)C(C)C)c1. The van der Waals surface area contributed by atoms with E-state index in [1.807, 2.05) is 44.2 Å². The number of carbonyl (C=O) groups excluding carboxylic acids is 2. The number of amides is 2. The smallest absolute Gasteiger partial charge is 0.337 e. The quantitative estimate of drug-likeness (QED) is 0.847. The van der Waals surface area contributed by atoms with E-state index < -0.39 is 5.97 Å². The van der Waals surface area contributed by atoms with Crippen LogP contribution in [-0.2, 0) is 11.3 Å². The predicted molar refractivity (Wildman–Crippen MR) is 93.9 cm³/mol. The zero-order valence-electron chi connectivity index (χ0n) is 14.2. The van der Waals surface area contributed by atoms with E-state index in [-0.39, 0.29) is 12.1 Å². The molecule has 0 heterocycles. The standard InChI is InChI=1S/C19H22N2O3/c1-14(2)21(13-15-8-5-4-6-9-15)19(23)20-17-11-7-10-16(12-17)18(22)24-3/h4-12,14H,13H2,1-3H3,(H,20,23). The van der Waals surface area contributed by atoms with Crippen LogP contribution >= 0.6 is 0 Å². The highest BCUT2D eigenvalue weighted by Gasteiger charge is 2.18. The van der Waals surface area contributed by atoms with E-state index in [1.54, 1.807) is 29.2 Å². The second-order valence-electron chi connectivity index (χ2n) is 5.71. The summed E-state index contributed by atoms with van der Waals surface area (Å²) in [6.07, 6.45) is 0. The minimum Gasteiger partial charge on any atom is -0.465 e. The van der Waals surface area contributed by atoms with Crippen LogP contribution in [-0.4, -0.2) is 30.1 Å². The molecule has 0 fully saturated rings. The van der Waals surface area contributed by atoms with Gasteiger partial charge in [0.25, 0.3) is 0 Å². The zero-order valence-corrected chi connectivity index (χ0v) is 14.2. The maximum absolute atomic E-state index is 12.6. The Labute approximate surface area is 142 Å². The summed E-state index contributed by atoms with van der Waals surface area (Å²) in [6.45, 7) is 4.45. The van der Waals surface area contributed by atoms with Gasteiger partial charge in [0, 0.05) is 18.3 Å². The maximum atomic E-state index is 12.6. The number of methoxy groups -OCH3 is 1. The minimum absolute atomic E-state index is 0.0361. The Morgan fingerprint density at radius 3 is 2.42 bits per heavy atom. The molecule has 0 bridgehead atoms. The highest BCUT2D eigenvalue weighted by Crippen LogP contribution is 2.15. The molecule has 0 unspecified atom stereocenters. The second-order valence-corrected chi connectivity index (χ2v) is 5.71. The topological polar surface area (TPSA) is 58.6 Å². The summed E-state index contributed by atoms with van der Waals surface area (Å²) in [6, 6.07) is 16.3. The molecule has 24 heavy (non-hydrogen) atoms. The van der Waals surface area contributed by atoms with Crippen molar-refractivity contribution in [3.63, 3.8) is 0 Å². The molecule has 0 saturated heterocycles. The number of hydrogen-bond donors (Lipinski definition) is 1. The third-order valence-electron chi connectivity index (χ3n) is 3.61. The fourth-order valence-electron chi connectivity index (χ4n) is 2.31. The van der Waals surface area contributed by atoms with Gasteiger partial charge in [-0.2, -0.15) is 0 Å². The Bertz CT molecular complexity index is 699. The van der Waals surface area contributed by atoms with Crippen LogP contribution in [0, 0.1) is 0 Å². The van der Waals surface area contributed by atoms with Crippen molar-refractivity contribution >= 4 is 17.7 Å². The first-order chi connectivity index (χ1) is 11.5. The molecule has 0 atom stereocenters. The summed E-state index contributed by atoms with van der Waals surface area (Å²) in [5.74, 6) is -0.434. The van der Waals surface area contributed by atoms with Crippen LogP contribution in [0.15, 0.2) is 54.6 Å². The van der Waals surface area contributed by atoms with Crippen molar-refractivity contribution in [1.82, 2.24) is 4.90 Å². The summed E-state index contributed by atoms with van der Waals surface area (Å²) in [4.78, 5) is 25.9. The summed E-state index contributed by atoms with van der Waals surface area (Å²) in [5, 5.41) is 2.84. The second kappa shape index (κ2) is 8.15. The highest BCUT2D eigenvalue weighted by molar-refractivity contribution is 5.94. The van der Waals surface area contributed by atoms with Gasteiger partial charge in [-0.25, -0.2) is 9.59 Å². The highest BCUT2D eigenvalue weighted by atomic mass is 16.5. The molecule has 0 saturated carbocycles. The average Bonchev–Trinajstić information content (AvgIpc) is 2.59. The van der Waals surface area contributed by atoms with Gasteiger partial charge in [-0.1, -0.05) is 36.4 Å². The lowest BCUT2D eigenvalue weighted by Gasteiger charge is -2.27. The molecule has 2 rings (SSSR count). The average molecular weight is 326 g/mol. The lowest BCUT2D eigenvalue weighted by molar-refractivity contribution is 0.0600. The normalized spacial score (nSPS) is 10.3. The van der Waals surface area contributed by atoms with Crippen LogP contribution in [0.4, 0.5) is 10.5 Å². The molecule has 0 aliphatic heterocycles. The van der Waals surface area contributed by atoms with Gasteiger partial charge >= 0.3 is 12.0 Å². The van der Waals surface area contributed by atoms with E-state index in [0.717, 1.165) is 5.56 Å². The van der Waals surface area contributed by atoms with Crippen LogP contribution in [0.25, 0.3) is 0 Å². The Morgan fingerprint density at radius 1 is 1.08 bits per heavy atom. The molecule has 0 aliphatic rings. The Kier molecular flexibility index (Phi) is 5.95. The molecule has 2 aromatic carbocycles. The van der Waals surface area contributed by atoms with Gasteiger partial charge in [0.15, 0.2) is 0 Å². The lowest BCUT2D eigenvalue weighted by atomic mass is 10.2. The Hall–Kier alpha value is -2.82. The van der Waals surface area contributed by atoms with Gasteiger partial charge in [-0.3, -0.25) is 0 Å². The Morgan fingerprint density at radius 2 is 1.79 bits per heavy atom. The van der Waals surface area contributed by atoms with Crippen LogP contribution in [0.5, 0.6) is 0 Å². The first kappa shape index (κ1) is 17.5. The van der Waals surface area contributed by atoms with Gasteiger partial charge in [-0.15, -0.1) is 0 Å². The first-order valence-corrected chi connectivity index (χ1v) is 7.81. The van der Waals surface area contributed by atoms with Gasteiger partial charge in [0.05, 0.1) is 12.7 Å². The first-order valence-electron chi connectivity index (χ1n) is 7.81. The van der Waals surface area contributed by atoms with E-state index in [1.165, 1.54) is 7.11 Å². The Balaban J connectivity index is 2.12. The number of esters is 1. The summed E-state index contributed by atoms with van der Waals surface area (Å²) < 4.78 is 4.70. The summed E-state index contributed by atoms with van der Waals surface area (Å²) in [7, 11) is 1.33. The lowest BCUT2D eigenvalue weighted by Crippen LogP contribution is -2.39. The predicted octanol–water partition coefficient (Wildman–Crippen LogP) is 3.92. The van der Waals surface area contributed by atoms with Crippen LogP contribution in [0.2, 0.25) is 0 Å².